The van der Waals surface area contributed by atoms with Crippen LogP contribution in [0.15, 0.2) is 60.7 Å². The van der Waals surface area contributed by atoms with Gasteiger partial charge in [0.25, 0.3) is 0 Å². The van der Waals surface area contributed by atoms with Crippen LogP contribution in [0.3, 0.4) is 0 Å². The number of nitrogens with one attached hydrogen (secondary N) is 2. The topological polar surface area (TPSA) is 110 Å². The molecule has 8 nitrogen and oxygen atoms in total. The second-order valence-electron chi connectivity index (χ2n) is 8.59. The van der Waals surface area contributed by atoms with Gasteiger partial charge in [-0.25, -0.2) is 0 Å². The standard InChI is InChI=1S/C25H24N6O2S2/c32-20(11-16-7-3-1-4-8-16)26-24-30-28-22(34-24)14-18-13-19(18)15-23-29-31-25(35-23)27-21(33)12-17-9-5-2-6-10-17/h1-10,18-19H,11-15H2,(H,26,30,32)(H,27,31,33)/t18-,19?/m1/s1. The molecule has 1 unspecified atom stereocenters. The summed E-state index contributed by atoms with van der Waals surface area (Å²) >= 11 is 2.87. The molecular weight excluding hydrogens is 480 g/mol. The van der Waals surface area contributed by atoms with Crippen molar-refractivity contribution in [1.29, 1.82) is 0 Å². The molecule has 1 saturated carbocycles. The first-order valence-electron chi connectivity index (χ1n) is 11.4. The molecule has 178 valence electrons. The summed E-state index contributed by atoms with van der Waals surface area (Å²) in [5, 5.41) is 25.4. The van der Waals surface area contributed by atoms with Crippen LogP contribution in [0.25, 0.3) is 0 Å². The molecule has 1 aliphatic rings. The van der Waals surface area contributed by atoms with E-state index in [-0.39, 0.29) is 11.8 Å². The Hall–Kier alpha value is -3.50. The maximum Gasteiger partial charge on any atom is 0.230 e. The van der Waals surface area contributed by atoms with Gasteiger partial charge in [-0.15, -0.1) is 20.4 Å². The number of rotatable bonds is 10. The van der Waals surface area contributed by atoms with Gasteiger partial charge in [0.05, 0.1) is 12.8 Å². The second kappa shape index (κ2) is 10.8. The molecule has 2 atom stereocenters. The van der Waals surface area contributed by atoms with E-state index in [2.05, 4.69) is 31.0 Å². The fourth-order valence-corrected chi connectivity index (χ4v) is 5.62. The van der Waals surface area contributed by atoms with Gasteiger partial charge in [-0.2, -0.15) is 0 Å². The minimum atomic E-state index is -0.0915. The number of aromatic nitrogens is 4. The molecule has 0 saturated heterocycles. The minimum Gasteiger partial charge on any atom is -0.300 e. The molecule has 0 spiro atoms. The van der Waals surface area contributed by atoms with Crippen molar-refractivity contribution in [3.05, 3.63) is 81.8 Å². The summed E-state index contributed by atoms with van der Waals surface area (Å²) in [6, 6.07) is 19.2. The summed E-state index contributed by atoms with van der Waals surface area (Å²) in [6.07, 6.45) is 3.42. The molecule has 1 aliphatic carbocycles. The Morgan fingerprint density at radius 3 is 1.54 bits per heavy atom. The molecule has 0 bridgehead atoms. The van der Waals surface area contributed by atoms with Crippen molar-refractivity contribution in [2.75, 3.05) is 10.6 Å². The van der Waals surface area contributed by atoms with Gasteiger partial charge in [0, 0.05) is 12.8 Å². The third-order valence-corrected chi connectivity index (χ3v) is 7.51. The Kier molecular flexibility index (Phi) is 7.20. The van der Waals surface area contributed by atoms with E-state index < -0.39 is 0 Å². The Balaban J connectivity index is 1.05. The predicted octanol–water partition coefficient (Wildman–Crippen LogP) is 4.17. The van der Waals surface area contributed by atoms with Gasteiger partial charge in [-0.1, -0.05) is 83.3 Å². The van der Waals surface area contributed by atoms with Crippen molar-refractivity contribution >= 4 is 44.8 Å². The lowest BCUT2D eigenvalue weighted by molar-refractivity contribution is -0.116. The van der Waals surface area contributed by atoms with E-state index in [0.29, 0.717) is 34.9 Å². The van der Waals surface area contributed by atoms with Gasteiger partial charge in [0.2, 0.25) is 22.1 Å². The molecular formula is C25H24N6O2S2. The fraction of sp³-hybridized carbons (Fsp3) is 0.280. The number of carbonyl (C=O) groups is 2. The molecule has 2 aromatic carbocycles. The van der Waals surface area contributed by atoms with Gasteiger partial charge in [0.15, 0.2) is 0 Å². The third kappa shape index (κ3) is 6.77. The monoisotopic (exact) mass is 504 g/mol. The van der Waals surface area contributed by atoms with Crippen LogP contribution in [0, 0.1) is 11.8 Å². The van der Waals surface area contributed by atoms with E-state index >= 15 is 0 Å². The maximum atomic E-state index is 12.2. The fourth-order valence-electron chi connectivity index (χ4n) is 3.92. The zero-order valence-electron chi connectivity index (χ0n) is 18.9. The highest BCUT2D eigenvalue weighted by atomic mass is 32.1. The number of anilines is 2. The molecule has 5 rings (SSSR count). The van der Waals surface area contributed by atoms with Crippen molar-refractivity contribution in [3.8, 4) is 0 Å². The average Bonchev–Trinajstić information content (AvgIpc) is 3.18. The first-order chi connectivity index (χ1) is 17.1. The molecule has 0 radical (unpaired) electrons. The van der Waals surface area contributed by atoms with Crippen molar-refractivity contribution < 1.29 is 9.59 Å². The molecule has 1 fully saturated rings. The number of nitrogens with zero attached hydrogens (tertiary/aromatic N) is 4. The van der Waals surface area contributed by atoms with Crippen molar-refractivity contribution in [2.24, 2.45) is 11.8 Å². The van der Waals surface area contributed by atoms with E-state index in [9.17, 15) is 9.59 Å². The third-order valence-electron chi connectivity index (χ3n) is 5.78. The largest absolute Gasteiger partial charge is 0.300 e. The van der Waals surface area contributed by atoms with Gasteiger partial charge in [-0.3, -0.25) is 9.59 Å². The van der Waals surface area contributed by atoms with Crippen LogP contribution in [-0.4, -0.2) is 32.2 Å². The zero-order chi connectivity index (χ0) is 24.0. The number of amides is 2. The lowest BCUT2D eigenvalue weighted by atomic mass is 10.1. The Labute approximate surface area is 210 Å². The summed E-state index contributed by atoms with van der Waals surface area (Å²) in [7, 11) is 0. The lowest BCUT2D eigenvalue weighted by Gasteiger charge is -2.01. The summed E-state index contributed by atoms with van der Waals surface area (Å²) in [4.78, 5) is 24.5. The van der Waals surface area contributed by atoms with Gasteiger partial charge in [0.1, 0.15) is 10.0 Å². The van der Waals surface area contributed by atoms with Crippen LogP contribution in [-0.2, 0) is 35.3 Å². The summed E-state index contributed by atoms with van der Waals surface area (Å²) in [6.45, 7) is 0. The van der Waals surface area contributed by atoms with E-state index in [1.165, 1.54) is 22.7 Å². The van der Waals surface area contributed by atoms with Gasteiger partial charge < -0.3 is 10.6 Å². The Bertz CT molecular complexity index is 1190. The van der Waals surface area contributed by atoms with Crippen LogP contribution in [0.2, 0.25) is 0 Å². The first kappa shape index (κ1) is 23.3. The number of hydrogen-bond acceptors (Lipinski definition) is 8. The SMILES string of the molecule is O=C(Cc1ccccc1)Nc1nnc(CC2C[C@@H]2Cc2nnc(NC(=O)Cc3ccccc3)s2)s1. The smallest absolute Gasteiger partial charge is 0.230 e. The number of benzene rings is 2. The number of hydrogen-bond donors (Lipinski definition) is 2. The van der Waals surface area contributed by atoms with Crippen molar-refractivity contribution in [3.63, 3.8) is 0 Å². The van der Waals surface area contributed by atoms with E-state index in [1.54, 1.807) is 0 Å². The van der Waals surface area contributed by atoms with Crippen LogP contribution in [0.4, 0.5) is 10.3 Å². The summed E-state index contributed by atoms with van der Waals surface area (Å²) in [5.74, 6) is 0.865. The van der Waals surface area contributed by atoms with E-state index in [0.717, 1.165) is 40.4 Å². The van der Waals surface area contributed by atoms with Crippen LogP contribution < -0.4 is 10.6 Å². The van der Waals surface area contributed by atoms with Crippen molar-refractivity contribution in [1.82, 2.24) is 20.4 Å². The minimum absolute atomic E-state index is 0.0915. The van der Waals surface area contributed by atoms with Gasteiger partial charge in [-0.05, 0) is 29.4 Å². The molecule has 10 heteroatoms. The van der Waals surface area contributed by atoms with Crippen molar-refractivity contribution in [2.45, 2.75) is 32.1 Å². The Morgan fingerprint density at radius 1 is 0.686 bits per heavy atom. The zero-order valence-corrected chi connectivity index (χ0v) is 20.5. The molecule has 0 aliphatic heterocycles. The molecule has 4 aromatic rings. The van der Waals surface area contributed by atoms with E-state index in [1.807, 2.05) is 60.7 Å². The normalized spacial score (nSPS) is 16.6. The maximum absolute atomic E-state index is 12.2. The second-order valence-corrected chi connectivity index (χ2v) is 10.7. The molecule has 2 amide bonds. The summed E-state index contributed by atoms with van der Waals surface area (Å²) < 4.78 is 0. The molecule has 2 N–H and O–H groups in total. The lowest BCUT2D eigenvalue weighted by Crippen LogP contribution is -2.14. The molecule has 2 heterocycles. The average molecular weight is 505 g/mol. The summed E-state index contributed by atoms with van der Waals surface area (Å²) in [5.41, 5.74) is 1.93. The van der Waals surface area contributed by atoms with Crippen LogP contribution in [0.1, 0.15) is 27.6 Å². The van der Waals surface area contributed by atoms with E-state index in [4.69, 9.17) is 0 Å². The quantitative estimate of drug-likeness (QED) is 0.335. The van der Waals surface area contributed by atoms with Gasteiger partial charge >= 0.3 is 0 Å². The highest BCUT2D eigenvalue weighted by Crippen LogP contribution is 2.44. The Morgan fingerprint density at radius 2 is 1.11 bits per heavy atom. The first-order valence-corrected chi connectivity index (χ1v) is 13.1. The molecule has 35 heavy (non-hydrogen) atoms. The predicted molar refractivity (Wildman–Crippen MR) is 136 cm³/mol. The van der Waals surface area contributed by atoms with Crippen LogP contribution in [0.5, 0.6) is 0 Å². The molecule has 2 aromatic heterocycles. The highest BCUT2D eigenvalue weighted by Gasteiger charge is 2.38. The van der Waals surface area contributed by atoms with Crippen LogP contribution >= 0.6 is 22.7 Å². The highest BCUT2D eigenvalue weighted by molar-refractivity contribution is 7.15. The number of carbonyl (C=O) groups excluding carboxylic acids is 2.